The van der Waals surface area contributed by atoms with Crippen molar-refractivity contribution in [3.05, 3.63) is 23.5 Å². The van der Waals surface area contributed by atoms with E-state index in [-0.39, 0.29) is 0 Å². The fourth-order valence-electron chi connectivity index (χ4n) is 2.18. The highest BCUT2D eigenvalue weighted by molar-refractivity contribution is 6.33. The molecule has 1 aromatic rings. The van der Waals surface area contributed by atoms with Crippen LogP contribution >= 0.6 is 23.2 Å². The summed E-state index contributed by atoms with van der Waals surface area (Å²) in [6.07, 6.45) is 6.95. The number of nitrogens with zero attached hydrogens (tertiary/aromatic N) is 2. The number of alkyl halides is 1. The van der Waals surface area contributed by atoms with Crippen LogP contribution in [0.2, 0.25) is 5.02 Å². The Labute approximate surface area is 100 Å². The molecule has 0 bridgehead atoms. The lowest BCUT2D eigenvalue weighted by Gasteiger charge is -2.26. The molecule has 0 amide bonds. The molecule has 2 heterocycles. The molecule has 1 aromatic heterocycles. The van der Waals surface area contributed by atoms with Gasteiger partial charge in [-0.05, 0) is 25.3 Å². The average Bonchev–Trinajstić information content (AvgIpc) is 2.67. The van der Waals surface area contributed by atoms with Crippen molar-refractivity contribution in [3.8, 4) is 0 Å². The summed E-state index contributed by atoms with van der Waals surface area (Å²) in [5, 5.41) is 0.735. The number of anilines is 1. The highest BCUT2D eigenvalue weighted by Gasteiger charge is 2.25. The predicted molar refractivity (Wildman–Crippen MR) is 65.0 cm³/mol. The lowest BCUT2D eigenvalue weighted by Crippen LogP contribution is -2.29. The van der Waals surface area contributed by atoms with Crippen molar-refractivity contribution in [2.75, 3.05) is 17.3 Å². The van der Waals surface area contributed by atoms with Gasteiger partial charge < -0.3 is 4.90 Å². The lowest BCUT2D eigenvalue weighted by molar-refractivity contribution is 0.649. The molecule has 0 radical (unpaired) electrons. The summed E-state index contributed by atoms with van der Waals surface area (Å²) in [5.41, 5.74) is 1.10. The molecule has 0 spiro atoms. The first-order valence-electron chi connectivity index (χ1n) is 5.25. The predicted octanol–water partition coefficient (Wildman–Crippen LogP) is 3.33. The number of pyridine rings is 1. The van der Waals surface area contributed by atoms with E-state index in [9.17, 15) is 0 Å². The Hall–Kier alpha value is -0.470. The molecule has 0 aromatic carbocycles. The van der Waals surface area contributed by atoms with Gasteiger partial charge in [0.2, 0.25) is 0 Å². The molecule has 0 saturated carbocycles. The third-order valence-corrected chi connectivity index (χ3v) is 3.39. The number of rotatable bonds is 3. The van der Waals surface area contributed by atoms with Gasteiger partial charge in [0.1, 0.15) is 0 Å². The molecule has 1 fully saturated rings. The van der Waals surface area contributed by atoms with Crippen LogP contribution in [0.4, 0.5) is 5.69 Å². The molecular weight excluding hydrogens is 231 g/mol. The normalized spacial score (nSPS) is 20.9. The molecule has 2 nitrogen and oxygen atoms in total. The lowest BCUT2D eigenvalue weighted by atomic mass is 10.1. The molecule has 0 N–H and O–H groups in total. The number of aromatic nitrogens is 1. The second kappa shape index (κ2) is 5.04. The molecule has 82 valence electrons. The zero-order chi connectivity index (χ0) is 10.7. The van der Waals surface area contributed by atoms with E-state index in [1.165, 1.54) is 12.8 Å². The van der Waals surface area contributed by atoms with E-state index >= 15 is 0 Å². The van der Waals surface area contributed by atoms with Crippen molar-refractivity contribution in [2.24, 2.45) is 0 Å². The highest BCUT2D eigenvalue weighted by Crippen LogP contribution is 2.32. The molecule has 1 aliphatic rings. The third kappa shape index (κ3) is 2.37. The molecular formula is C11H14Cl2N2. The summed E-state index contributed by atoms with van der Waals surface area (Å²) in [7, 11) is 0. The Balaban J connectivity index is 2.19. The van der Waals surface area contributed by atoms with Gasteiger partial charge in [0.15, 0.2) is 0 Å². The maximum Gasteiger partial charge on any atom is 0.0822 e. The van der Waals surface area contributed by atoms with E-state index < -0.39 is 0 Å². The van der Waals surface area contributed by atoms with Crippen LogP contribution in [0.1, 0.15) is 19.3 Å². The molecule has 2 rings (SSSR count). The van der Waals surface area contributed by atoms with Crippen molar-refractivity contribution in [2.45, 2.75) is 25.3 Å². The Morgan fingerprint density at radius 1 is 1.53 bits per heavy atom. The maximum absolute atomic E-state index is 6.13. The first kappa shape index (κ1) is 11.0. The maximum atomic E-state index is 6.13. The van der Waals surface area contributed by atoms with Crippen LogP contribution in [0, 0.1) is 0 Å². The van der Waals surface area contributed by atoms with E-state index in [1.807, 2.05) is 6.07 Å². The quantitative estimate of drug-likeness (QED) is 0.759. The fourth-order valence-corrected chi connectivity index (χ4v) is 2.66. The smallest absolute Gasteiger partial charge is 0.0822 e. The molecule has 4 heteroatoms. The van der Waals surface area contributed by atoms with Gasteiger partial charge in [-0.3, -0.25) is 4.98 Å². The summed E-state index contributed by atoms with van der Waals surface area (Å²) in [6.45, 7) is 1.07. The van der Waals surface area contributed by atoms with Crippen LogP contribution in [0.25, 0.3) is 0 Å². The largest absolute Gasteiger partial charge is 0.367 e. The zero-order valence-electron chi connectivity index (χ0n) is 8.50. The van der Waals surface area contributed by atoms with Crippen LogP contribution in [0.5, 0.6) is 0 Å². The van der Waals surface area contributed by atoms with Crippen molar-refractivity contribution < 1.29 is 0 Å². The number of hydrogen-bond acceptors (Lipinski definition) is 2. The van der Waals surface area contributed by atoms with Crippen molar-refractivity contribution in [3.63, 3.8) is 0 Å². The van der Waals surface area contributed by atoms with Gasteiger partial charge in [-0.2, -0.15) is 0 Å². The zero-order valence-corrected chi connectivity index (χ0v) is 10.0. The molecule has 1 saturated heterocycles. The van der Waals surface area contributed by atoms with Gasteiger partial charge in [0, 0.05) is 30.9 Å². The molecule has 0 aliphatic carbocycles. The first-order valence-corrected chi connectivity index (χ1v) is 6.16. The van der Waals surface area contributed by atoms with Gasteiger partial charge in [0.05, 0.1) is 10.7 Å². The van der Waals surface area contributed by atoms with Crippen molar-refractivity contribution in [1.82, 2.24) is 4.98 Å². The van der Waals surface area contributed by atoms with E-state index in [4.69, 9.17) is 23.2 Å². The average molecular weight is 245 g/mol. The first-order chi connectivity index (χ1) is 7.33. The van der Waals surface area contributed by atoms with Crippen LogP contribution < -0.4 is 4.90 Å². The molecule has 15 heavy (non-hydrogen) atoms. The van der Waals surface area contributed by atoms with Crippen molar-refractivity contribution in [1.29, 1.82) is 0 Å². The van der Waals surface area contributed by atoms with Gasteiger partial charge in [-0.25, -0.2) is 0 Å². The van der Waals surface area contributed by atoms with Gasteiger partial charge in [-0.1, -0.05) is 11.6 Å². The highest BCUT2D eigenvalue weighted by atomic mass is 35.5. The van der Waals surface area contributed by atoms with Crippen LogP contribution in [-0.4, -0.2) is 23.5 Å². The monoisotopic (exact) mass is 244 g/mol. The summed E-state index contributed by atoms with van der Waals surface area (Å²) in [5.74, 6) is 0.712. The van der Waals surface area contributed by atoms with Gasteiger partial charge in [0.25, 0.3) is 0 Å². The SMILES string of the molecule is ClCCC1CCCN1c1ccncc1Cl. The van der Waals surface area contributed by atoms with Crippen LogP contribution in [0.15, 0.2) is 18.5 Å². The standard InChI is InChI=1S/C11H14Cl2N2/c12-5-3-9-2-1-7-15(9)11-4-6-14-8-10(11)13/h4,6,8-9H,1-3,5,7H2. The Kier molecular flexibility index (Phi) is 3.71. The summed E-state index contributed by atoms with van der Waals surface area (Å²) in [4.78, 5) is 6.36. The van der Waals surface area contributed by atoms with E-state index in [1.54, 1.807) is 12.4 Å². The topological polar surface area (TPSA) is 16.1 Å². The van der Waals surface area contributed by atoms with E-state index in [0.29, 0.717) is 11.9 Å². The Bertz CT molecular complexity index is 330. The Morgan fingerprint density at radius 2 is 2.40 bits per heavy atom. The Morgan fingerprint density at radius 3 is 3.13 bits per heavy atom. The van der Waals surface area contributed by atoms with Crippen LogP contribution in [0.3, 0.4) is 0 Å². The van der Waals surface area contributed by atoms with E-state index in [0.717, 1.165) is 23.7 Å². The van der Waals surface area contributed by atoms with Gasteiger partial charge >= 0.3 is 0 Å². The summed E-state index contributed by atoms with van der Waals surface area (Å²) < 4.78 is 0. The van der Waals surface area contributed by atoms with Gasteiger partial charge in [-0.15, -0.1) is 11.6 Å². The summed E-state index contributed by atoms with van der Waals surface area (Å²) >= 11 is 11.9. The van der Waals surface area contributed by atoms with E-state index in [2.05, 4.69) is 9.88 Å². The minimum Gasteiger partial charge on any atom is -0.367 e. The number of halogens is 2. The number of hydrogen-bond donors (Lipinski definition) is 0. The second-order valence-corrected chi connectivity index (χ2v) is 4.58. The molecule has 1 unspecified atom stereocenters. The third-order valence-electron chi connectivity index (χ3n) is 2.88. The van der Waals surface area contributed by atoms with Crippen LogP contribution in [-0.2, 0) is 0 Å². The fraction of sp³-hybridized carbons (Fsp3) is 0.545. The summed E-state index contributed by atoms with van der Waals surface area (Å²) in [6, 6.07) is 2.52. The molecule has 1 atom stereocenters. The minimum atomic E-state index is 0.544. The second-order valence-electron chi connectivity index (χ2n) is 3.79. The minimum absolute atomic E-state index is 0.544. The van der Waals surface area contributed by atoms with Crippen molar-refractivity contribution >= 4 is 28.9 Å². The molecule has 1 aliphatic heterocycles.